The molecule has 1 aromatic heterocycles. The Balaban J connectivity index is 2.52. The highest BCUT2D eigenvalue weighted by Gasteiger charge is 2.12. The molecule has 1 aromatic carbocycles. The third kappa shape index (κ3) is 2.82. The second kappa shape index (κ2) is 5.76. The zero-order chi connectivity index (χ0) is 14.0. The van der Waals surface area contributed by atoms with Gasteiger partial charge in [0.2, 0.25) is 0 Å². The van der Waals surface area contributed by atoms with Crippen LogP contribution < -0.4 is 5.32 Å². The average molecular weight is 278 g/mol. The minimum atomic E-state index is 0.737. The zero-order valence-corrected chi connectivity index (χ0v) is 12.7. The van der Waals surface area contributed by atoms with Crippen molar-refractivity contribution in [3.8, 4) is 5.69 Å². The summed E-state index contributed by atoms with van der Waals surface area (Å²) in [6, 6.07) is 5.97. The predicted octanol–water partition coefficient (Wildman–Crippen LogP) is 3.56. The van der Waals surface area contributed by atoms with Crippen LogP contribution in [-0.4, -0.2) is 16.3 Å². The molecule has 0 radical (unpaired) electrons. The van der Waals surface area contributed by atoms with Crippen molar-refractivity contribution >= 4 is 11.6 Å². The smallest absolute Gasteiger partial charge is 0.0708 e. The van der Waals surface area contributed by atoms with E-state index in [1.165, 1.54) is 11.1 Å². The van der Waals surface area contributed by atoms with Crippen molar-refractivity contribution in [3.05, 3.63) is 45.7 Å². The SMILES string of the molecule is CCNCc1ccc(Cl)cc1-n1nc(C)c(C)c1C. The number of rotatable bonds is 4. The largest absolute Gasteiger partial charge is 0.313 e. The van der Waals surface area contributed by atoms with Gasteiger partial charge in [-0.1, -0.05) is 24.6 Å². The average Bonchev–Trinajstić information content (AvgIpc) is 2.65. The molecule has 0 saturated heterocycles. The Hall–Kier alpha value is -1.32. The van der Waals surface area contributed by atoms with Gasteiger partial charge in [0.1, 0.15) is 0 Å². The highest BCUT2D eigenvalue weighted by Crippen LogP contribution is 2.23. The lowest BCUT2D eigenvalue weighted by Crippen LogP contribution is -2.14. The lowest BCUT2D eigenvalue weighted by Gasteiger charge is -2.12. The maximum atomic E-state index is 6.14. The van der Waals surface area contributed by atoms with Crippen LogP contribution in [0.4, 0.5) is 0 Å². The second-order valence-corrected chi connectivity index (χ2v) is 5.20. The Morgan fingerprint density at radius 3 is 2.58 bits per heavy atom. The Kier molecular flexibility index (Phi) is 4.27. The third-order valence-electron chi connectivity index (χ3n) is 3.49. The van der Waals surface area contributed by atoms with E-state index in [0.717, 1.165) is 35.2 Å². The Labute approximate surface area is 119 Å². The first-order valence-corrected chi connectivity index (χ1v) is 6.94. The number of nitrogens with zero attached hydrogens (tertiary/aromatic N) is 2. The van der Waals surface area contributed by atoms with E-state index in [9.17, 15) is 0 Å². The minimum Gasteiger partial charge on any atom is -0.313 e. The fourth-order valence-electron chi connectivity index (χ4n) is 2.10. The molecule has 0 aliphatic rings. The summed E-state index contributed by atoms with van der Waals surface area (Å²) in [4.78, 5) is 0. The van der Waals surface area contributed by atoms with Crippen LogP contribution in [0.5, 0.6) is 0 Å². The van der Waals surface area contributed by atoms with Crippen molar-refractivity contribution in [1.82, 2.24) is 15.1 Å². The van der Waals surface area contributed by atoms with E-state index in [1.54, 1.807) is 0 Å². The van der Waals surface area contributed by atoms with E-state index < -0.39 is 0 Å². The summed E-state index contributed by atoms with van der Waals surface area (Å²) in [5, 5.41) is 8.71. The van der Waals surface area contributed by atoms with Crippen LogP contribution in [0.2, 0.25) is 5.02 Å². The summed E-state index contributed by atoms with van der Waals surface area (Å²) in [6.45, 7) is 10.1. The maximum Gasteiger partial charge on any atom is 0.0708 e. The molecule has 0 atom stereocenters. The Bertz CT molecular complexity index is 587. The summed E-state index contributed by atoms with van der Waals surface area (Å²) >= 11 is 6.14. The lowest BCUT2D eigenvalue weighted by atomic mass is 10.1. The molecule has 4 heteroatoms. The molecule has 0 fully saturated rings. The van der Waals surface area contributed by atoms with E-state index in [-0.39, 0.29) is 0 Å². The van der Waals surface area contributed by atoms with Crippen LogP contribution in [0.15, 0.2) is 18.2 Å². The van der Waals surface area contributed by atoms with Gasteiger partial charge in [0.05, 0.1) is 11.4 Å². The molecule has 0 bridgehead atoms. The lowest BCUT2D eigenvalue weighted by molar-refractivity contribution is 0.713. The monoisotopic (exact) mass is 277 g/mol. The van der Waals surface area contributed by atoms with E-state index in [1.807, 2.05) is 23.7 Å². The van der Waals surface area contributed by atoms with Crippen LogP contribution >= 0.6 is 11.6 Å². The number of hydrogen-bond donors (Lipinski definition) is 1. The molecule has 0 aliphatic heterocycles. The van der Waals surface area contributed by atoms with Crippen molar-refractivity contribution < 1.29 is 0 Å². The standard InChI is InChI=1S/C15H20ClN3/c1-5-17-9-13-6-7-14(16)8-15(13)19-12(4)10(2)11(3)18-19/h6-8,17H,5,9H2,1-4H3. The van der Waals surface area contributed by atoms with Crippen molar-refractivity contribution in [2.75, 3.05) is 6.54 Å². The molecule has 0 unspecified atom stereocenters. The van der Waals surface area contributed by atoms with Gasteiger partial charge in [-0.05, 0) is 50.6 Å². The highest BCUT2D eigenvalue weighted by atomic mass is 35.5. The molecular formula is C15H20ClN3. The van der Waals surface area contributed by atoms with Crippen molar-refractivity contribution in [1.29, 1.82) is 0 Å². The molecule has 0 aliphatic carbocycles. The van der Waals surface area contributed by atoms with Gasteiger partial charge in [0.15, 0.2) is 0 Å². The first kappa shape index (κ1) is 14.1. The Morgan fingerprint density at radius 2 is 2.00 bits per heavy atom. The molecule has 1 heterocycles. The van der Waals surface area contributed by atoms with E-state index in [2.05, 4.69) is 37.3 Å². The van der Waals surface area contributed by atoms with Gasteiger partial charge < -0.3 is 5.32 Å². The summed E-state index contributed by atoms with van der Waals surface area (Å²) < 4.78 is 1.99. The molecule has 102 valence electrons. The molecule has 1 N–H and O–H groups in total. The molecule has 0 spiro atoms. The predicted molar refractivity (Wildman–Crippen MR) is 80.2 cm³/mol. The molecule has 0 amide bonds. The molecule has 2 rings (SSSR count). The fourth-order valence-corrected chi connectivity index (χ4v) is 2.26. The number of aryl methyl sites for hydroxylation is 1. The molecule has 19 heavy (non-hydrogen) atoms. The summed E-state index contributed by atoms with van der Waals surface area (Å²) in [5.74, 6) is 0. The molecule has 3 nitrogen and oxygen atoms in total. The van der Waals surface area contributed by atoms with Gasteiger partial charge in [-0.15, -0.1) is 0 Å². The van der Waals surface area contributed by atoms with Crippen LogP contribution in [-0.2, 0) is 6.54 Å². The number of aromatic nitrogens is 2. The third-order valence-corrected chi connectivity index (χ3v) is 3.73. The molecule has 0 saturated carbocycles. The van der Waals surface area contributed by atoms with Crippen LogP contribution in [0, 0.1) is 20.8 Å². The van der Waals surface area contributed by atoms with Crippen molar-refractivity contribution in [2.45, 2.75) is 34.2 Å². The van der Waals surface area contributed by atoms with E-state index >= 15 is 0 Å². The van der Waals surface area contributed by atoms with Gasteiger partial charge in [0, 0.05) is 17.3 Å². The van der Waals surface area contributed by atoms with Gasteiger partial charge >= 0.3 is 0 Å². The number of benzene rings is 1. The van der Waals surface area contributed by atoms with E-state index in [0.29, 0.717) is 0 Å². The van der Waals surface area contributed by atoms with Crippen molar-refractivity contribution in [2.24, 2.45) is 0 Å². The van der Waals surface area contributed by atoms with Gasteiger partial charge in [0.25, 0.3) is 0 Å². The summed E-state index contributed by atoms with van der Waals surface area (Å²) in [5.41, 5.74) is 5.72. The molecular weight excluding hydrogens is 258 g/mol. The van der Waals surface area contributed by atoms with Crippen LogP contribution in [0.3, 0.4) is 0 Å². The topological polar surface area (TPSA) is 29.9 Å². The summed E-state index contributed by atoms with van der Waals surface area (Å²) in [7, 11) is 0. The van der Waals surface area contributed by atoms with Gasteiger partial charge in [-0.3, -0.25) is 0 Å². The van der Waals surface area contributed by atoms with E-state index in [4.69, 9.17) is 11.6 Å². The van der Waals surface area contributed by atoms with Crippen LogP contribution in [0.25, 0.3) is 5.69 Å². The Morgan fingerprint density at radius 1 is 1.26 bits per heavy atom. The fraction of sp³-hybridized carbons (Fsp3) is 0.400. The number of nitrogens with one attached hydrogen (secondary N) is 1. The van der Waals surface area contributed by atoms with Gasteiger partial charge in [-0.25, -0.2) is 4.68 Å². The first-order chi connectivity index (χ1) is 9.04. The summed E-state index contributed by atoms with van der Waals surface area (Å²) in [6.07, 6.45) is 0. The van der Waals surface area contributed by atoms with Crippen molar-refractivity contribution in [3.63, 3.8) is 0 Å². The number of halogens is 1. The highest BCUT2D eigenvalue weighted by molar-refractivity contribution is 6.30. The normalized spacial score (nSPS) is 11.0. The number of hydrogen-bond acceptors (Lipinski definition) is 2. The maximum absolute atomic E-state index is 6.14. The first-order valence-electron chi connectivity index (χ1n) is 6.57. The minimum absolute atomic E-state index is 0.737. The molecule has 2 aromatic rings. The zero-order valence-electron chi connectivity index (χ0n) is 11.9. The quantitative estimate of drug-likeness (QED) is 0.926. The van der Waals surface area contributed by atoms with Crippen LogP contribution in [0.1, 0.15) is 29.4 Å². The van der Waals surface area contributed by atoms with Gasteiger partial charge in [-0.2, -0.15) is 5.10 Å². The second-order valence-electron chi connectivity index (χ2n) is 4.76.